The van der Waals surface area contributed by atoms with Gasteiger partial charge in [-0.1, -0.05) is 11.2 Å². The fourth-order valence-electron chi connectivity index (χ4n) is 1.67. The normalized spacial score (nSPS) is 11.8. The monoisotopic (exact) mass is 260 g/mol. The quantitative estimate of drug-likeness (QED) is 0.914. The minimum absolute atomic E-state index is 0.0982. The van der Waals surface area contributed by atoms with Crippen molar-refractivity contribution >= 4 is 0 Å². The first-order valence-electron chi connectivity index (χ1n) is 6.46. The van der Waals surface area contributed by atoms with Crippen LogP contribution >= 0.6 is 0 Å². The van der Waals surface area contributed by atoms with Crippen molar-refractivity contribution in [3.8, 4) is 11.5 Å². The molecule has 2 aromatic rings. The maximum absolute atomic E-state index is 5.23. The van der Waals surface area contributed by atoms with E-state index in [2.05, 4.69) is 41.2 Å². The number of hydrogen-bond donors (Lipinski definition) is 1. The van der Waals surface area contributed by atoms with Crippen LogP contribution in [0.25, 0.3) is 11.5 Å². The predicted octanol–water partition coefficient (Wildman–Crippen LogP) is 2.37. The van der Waals surface area contributed by atoms with Gasteiger partial charge in [0.05, 0.1) is 0 Å². The summed E-state index contributed by atoms with van der Waals surface area (Å²) < 4.78 is 5.23. The first-order valence-corrected chi connectivity index (χ1v) is 6.46. The highest BCUT2D eigenvalue weighted by Crippen LogP contribution is 2.13. The number of rotatable bonds is 4. The lowest BCUT2D eigenvalue weighted by Crippen LogP contribution is -2.37. The lowest BCUT2D eigenvalue weighted by molar-refractivity contribution is 0.362. The summed E-state index contributed by atoms with van der Waals surface area (Å²) >= 11 is 0. The van der Waals surface area contributed by atoms with Gasteiger partial charge in [-0.3, -0.25) is 0 Å². The Balaban J connectivity index is 1.99. The summed E-state index contributed by atoms with van der Waals surface area (Å²) in [6.45, 7) is 9.14. The minimum Gasteiger partial charge on any atom is -0.339 e. The zero-order valence-corrected chi connectivity index (χ0v) is 11.9. The minimum atomic E-state index is 0.0982. The first-order chi connectivity index (χ1) is 8.94. The van der Waals surface area contributed by atoms with Crippen LogP contribution in [0.2, 0.25) is 0 Å². The average molecular weight is 260 g/mol. The molecule has 0 saturated heterocycles. The molecule has 0 bridgehead atoms. The van der Waals surface area contributed by atoms with Crippen molar-refractivity contribution in [1.29, 1.82) is 0 Å². The van der Waals surface area contributed by atoms with Gasteiger partial charge in [0.2, 0.25) is 11.7 Å². The number of aryl methyl sites for hydroxylation is 1. The lowest BCUT2D eigenvalue weighted by atomic mass is 10.1. The van der Waals surface area contributed by atoms with Crippen molar-refractivity contribution in [2.24, 2.45) is 0 Å². The van der Waals surface area contributed by atoms with Crippen molar-refractivity contribution in [3.05, 3.63) is 29.8 Å². The van der Waals surface area contributed by atoms with E-state index in [1.54, 1.807) is 0 Å². The largest absolute Gasteiger partial charge is 0.339 e. The fraction of sp³-hybridized carbons (Fsp3) is 0.500. The van der Waals surface area contributed by atoms with Crippen LogP contribution < -0.4 is 5.32 Å². The summed E-state index contributed by atoms with van der Waals surface area (Å²) in [6, 6.07) is 5.77. The van der Waals surface area contributed by atoms with Gasteiger partial charge in [0.15, 0.2) is 0 Å². The third kappa shape index (κ3) is 4.13. The molecule has 2 heterocycles. The standard InChI is InChI=1S/C14H20N4O/c1-10-6-5-7-11(16-10)13-17-12(19-18-13)8-9-15-14(2,3)4/h5-7,15H,8-9H2,1-4H3. The summed E-state index contributed by atoms with van der Waals surface area (Å²) in [6.07, 6.45) is 0.718. The highest BCUT2D eigenvalue weighted by atomic mass is 16.5. The molecule has 0 saturated carbocycles. The molecule has 0 spiro atoms. The van der Waals surface area contributed by atoms with Gasteiger partial charge in [0.25, 0.3) is 0 Å². The van der Waals surface area contributed by atoms with Gasteiger partial charge in [0.1, 0.15) is 5.69 Å². The maximum Gasteiger partial charge on any atom is 0.228 e. The second-order valence-corrected chi connectivity index (χ2v) is 5.60. The van der Waals surface area contributed by atoms with Crippen LogP contribution in [-0.4, -0.2) is 27.2 Å². The Morgan fingerprint density at radius 2 is 2.00 bits per heavy atom. The second-order valence-electron chi connectivity index (χ2n) is 5.60. The molecule has 0 fully saturated rings. The van der Waals surface area contributed by atoms with E-state index < -0.39 is 0 Å². The van der Waals surface area contributed by atoms with Crippen LogP contribution in [0.3, 0.4) is 0 Å². The van der Waals surface area contributed by atoms with E-state index in [4.69, 9.17) is 4.52 Å². The molecule has 2 rings (SSSR count). The number of aromatic nitrogens is 3. The van der Waals surface area contributed by atoms with Crippen molar-refractivity contribution in [1.82, 2.24) is 20.4 Å². The summed E-state index contributed by atoms with van der Waals surface area (Å²) in [7, 11) is 0. The van der Waals surface area contributed by atoms with Crippen LogP contribution in [0.15, 0.2) is 22.7 Å². The Morgan fingerprint density at radius 3 is 2.68 bits per heavy atom. The summed E-state index contributed by atoms with van der Waals surface area (Å²) in [4.78, 5) is 8.74. The number of pyridine rings is 1. The number of hydrogen-bond acceptors (Lipinski definition) is 5. The molecule has 5 heteroatoms. The molecule has 2 aromatic heterocycles. The van der Waals surface area contributed by atoms with E-state index in [1.807, 2.05) is 25.1 Å². The molecule has 1 N–H and O–H groups in total. The zero-order chi connectivity index (χ0) is 13.9. The van der Waals surface area contributed by atoms with Crippen molar-refractivity contribution in [3.63, 3.8) is 0 Å². The zero-order valence-electron chi connectivity index (χ0n) is 11.9. The Morgan fingerprint density at radius 1 is 1.21 bits per heavy atom. The van der Waals surface area contributed by atoms with Gasteiger partial charge in [-0.15, -0.1) is 0 Å². The molecule has 0 aromatic carbocycles. The SMILES string of the molecule is Cc1cccc(-c2noc(CCNC(C)(C)C)n2)n1. The van der Waals surface area contributed by atoms with Gasteiger partial charge in [0, 0.05) is 24.2 Å². The van der Waals surface area contributed by atoms with E-state index >= 15 is 0 Å². The molecule has 0 aliphatic heterocycles. The van der Waals surface area contributed by atoms with Gasteiger partial charge >= 0.3 is 0 Å². The molecule has 102 valence electrons. The van der Waals surface area contributed by atoms with Crippen molar-refractivity contribution in [2.45, 2.75) is 39.7 Å². The highest BCUT2D eigenvalue weighted by Gasteiger charge is 2.12. The fourth-order valence-corrected chi connectivity index (χ4v) is 1.67. The van der Waals surface area contributed by atoms with E-state index in [9.17, 15) is 0 Å². The molecule has 0 amide bonds. The summed E-state index contributed by atoms with van der Waals surface area (Å²) in [5.74, 6) is 1.18. The third-order valence-corrected chi connectivity index (χ3v) is 2.58. The molecule has 19 heavy (non-hydrogen) atoms. The van der Waals surface area contributed by atoms with E-state index in [0.717, 1.165) is 24.4 Å². The molecular formula is C14H20N4O. The summed E-state index contributed by atoms with van der Waals surface area (Å²) in [5.41, 5.74) is 1.79. The van der Waals surface area contributed by atoms with Crippen LogP contribution in [0.1, 0.15) is 32.4 Å². The molecule has 5 nitrogen and oxygen atoms in total. The van der Waals surface area contributed by atoms with Crippen LogP contribution in [0.4, 0.5) is 0 Å². The number of nitrogens with zero attached hydrogens (tertiary/aromatic N) is 3. The highest BCUT2D eigenvalue weighted by molar-refractivity contribution is 5.47. The van der Waals surface area contributed by atoms with Crippen LogP contribution in [0, 0.1) is 6.92 Å². The predicted molar refractivity (Wildman–Crippen MR) is 73.7 cm³/mol. The van der Waals surface area contributed by atoms with Gasteiger partial charge in [-0.05, 0) is 39.8 Å². The molecule has 0 radical (unpaired) electrons. The molecular weight excluding hydrogens is 240 g/mol. The topological polar surface area (TPSA) is 63.8 Å². The Kier molecular flexibility index (Phi) is 3.95. The molecule has 0 unspecified atom stereocenters. The van der Waals surface area contributed by atoms with Crippen molar-refractivity contribution < 1.29 is 4.52 Å². The smallest absolute Gasteiger partial charge is 0.228 e. The van der Waals surface area contributed by atoms with E-state index in [1.165, 1.54) is 0 Å². The van der Waals surface area contributed by atoms with Gasteiger partial charge in [-0.2, -0.15) is 4.98 Å². The lowest BCUT2D eigenvalue weighted by Gasteiger charge is -2.19. The number of nitrogens with one attached hydrogen (secondary N) is 1. The maximum atomic E-state index is 5.23. The van der Waals surface area contributed by atoms with Gasteiger partial charge < -0.3 is 9.84 Å². The van der Waals surface area contributed by atoms with Crippen LogP contribution in [0.5, 0.6) is 0 Å². The second kappa shape index (κ2) is 5.48. The van der Waals surface area contributed by atoms with E-state index in [0.29, 0.717) is 11.7 Å². The average Bonchev–Trinajstić information content (AvgIpc) is 2.76. The van der Waals surface area contributed by atoms with Gasteiger partial charge in [-0.25, -0.2) is 4.98 Å². The van der Waals surface area contributed by atoms with Crippen molar-refractivity contribution in [2.75, 3.05) is 6.54 Å². The Bertz CT molecular complexity index is 542. The Labute approximate surface area is 113 Å². The molecule has 0 atom stereocenters. The summed E-state index contributed by atoms with van der Waals surface area (Å²) in [5, 5.41) is 7.35. The van der Waals surface area contributed by atoms with E-state index in [-0.39, 0.29) is 5.54 Å². The van der Waals surface area contributed by atoms with Crippen LogP contribution in [-0.2, 0) is 6.42 Å². The molecule has 0 aliphatic carbocycles. The third-order valence-electron chi connectivity index (χ3n) is 2.58. The molecule has 0 aliphatic rings. The first kappa shape index (κ1) is 13.7. The Hall–Kier alpha value is -1.75.